The van der Waals surface area contributed by atoms with Gasteiger partial charge in [0.25, 0.3) is 0 Å². The van der Waals surface area contributed by atoms with E-state index < -0.39 is 41.6 Å². The van der Waals surface area contributed by atoms with Crippen LogP contribution < -0.4 is 10.6 Å². The summed E-state index contributed by atoms with van der Waals surface area (Å²) < 4.78 is 9.98. The van der Waals surface area contributed by atoms with Gasteiger partial charge in [-0.05, 0) is 38.8 Å². The van der Waals surface area contributed by atoms with Crippen LogP contribution in [-0.4, -0.2) is 61.1 Å². The minimum absolute atomic E-state index is 0.188. The van der Waals surface area contributed by atoms with E-state index >= 15 is 0 Å². The Morgan fingerprint density at radius 2 is 1.67 bits per heavy atom. The largest absolute Gasteiger partial charge is 0.468 e. The van der Waals surface area contributed by atoms with Gasteiger partial charge in [-0.3, -0.25) is 14.4 Å². The predicted molar refractivity (Wildman–Crippen MR) is 135 cm³/mol. The van der Waals surface area contributed by atoms with Gasteiger partial charge in [0.15, 0.2) is 0 Å². The molecule has 2 aromatic carbocycles. The van der Waals surface area contributed by atoms with E-state index in [0.29, 0.717) is 5.56 Å². The second kappa shape index (κ2) is 12.7. The van der Waals surface area contributed by atoms with Crippen LogP contribution in [0.1, 0.15) is 43.5 Å². The van der Waals surface area contributed by atoms with Crippen LogP contribution in [0.4, 0.5) is 4.79 Å². The van der Waals surface area contributed by atoms with Crippen LogP contribution in [0, 0.1) is 6.92 Å². The number of aryl methyl sites for hydroxylation is 1. The third kappa shape index (κ3) is 8.72. The van der Waals surface area contributed by atoms with Gasteiger partial charge >= 0.3 is 12.1 Å². The van der Waals surface area contributed by atoms with E-state index in [1.54, 1.807) is 39.0 Å². The molecule has 9 nitrogen and oxygen atoms in total. The summed E-state index contributed by atoms with van der Waals surface area (Å²) in [4.78, 5) is 52.4. The van der Waals surface area contributed by atoms with Crippen molar-refractivity contribution in [1.29, 1.82) is 0 Å². The molecule has 0 aromatic heterocycles. The standard InChI is InChI=1S/C27H35N3O6/c1-18-11-10-14-20(15-18)23(24(32)28-17-22(31)35-6)30(5)25(33)21(16-19-12-8-7-9-13-19)29-26(34)36-27(2,3)4/h7-15,21,23H,16-17H2,1-6H3,(H,28,32)(H,29,34). The fraction of sp³-hybridized carbons (Fsp3) is 0.407. The van der Waals surface area contributed by atoms with Crippen LogP contribution in [0.5, 0.6) is 0 Å². The van der Waals surface area contributed by atoms with Gasteiger partial charge in [-0.1, -0.05) is 60.2 Å². The number of ether oxygens (including phenoxy) is 2. The summed E-state index contributed by atoms with van der Waals surface area (Å²) in [6, 6.07) is 14.3. The molecule has 0 aliphatic rings. The van der Waals surface area contributed by atoms with Gasteiger partial charge in [-0.25, -0.2) is 4.79 Å². The normalized spacial score (nSPS) is 12.6. The molecule has 0 aliphatic carbocycles. The number of esters is 1. The molecule has 2 aromatic rings. The highest BCUT2D eigenvalue weighted by atomic mass is 16.6. The molecule has 36 heavy (non-hydrogen) atoms. The lowest BCUT2D eigenvalue weighted by Crippen LogP contribution is -2.52. The molecule has 2 atom stereocenters. The Hall–Kier alpha value is -3.88. The first-order valence-electron chi connectivity index (χ1n) is 11.6. The van der Waals surface area contributed by atoms with Gasteiger partial charge in [0.05, 0.1) is 7.11 Å². The fourth-order valence-electron chi connectivity index (χ4n) is 3.59. The molecule has 0 saturated carbocycles. The second-order valence-electron chi connectivity index (χ2n) is 9.45. The van der Waals surface area contributed by atoms with Crippen LogP contribution >= 0.6 is 0 Å². The first kappa shape index (κ1) is 28.4. The van der Waals surface area contributed by atoms with Crippen LogP contribution in [0.25, 0.3) is 0 Å². The molecule has 0 bridgehead atoms. The molecular formula is C27H35N3O6. The lowest BCUT2D eigenvalue weighted by atomic mass is 10.00. The molecule has 2 unspecified atom stereocenters. The molecule has 0 spiro atoms. The monoisotopic (exact) mass is 497 g/mol. The topological polar surface area (TPSA) is 114 Å². The molecule has 2 rings (SSSR count). The highest BCUT2D eigenvalue weighted by Gasteiger charge is 2.34. The van der Waals surface area contributed by atoms with Gasteiger partial charge in [0, 0.05) is 13.5 Å². The van der Waals surface area contributed by atoms with Crippen LogP contribution in [0.2, 0.25) is 0 Å². The van der Waals surface area contributed by atoms with Gasteiger partial charge in [-0.15, -0.1) is 0 Å². The zero-order valence-corrected chi connectivity index (χ0v) is 21.7. The number of rotatable bonds is 9. The van der Waals surface area contributed by atoms with Crippen molar-refractivity contribution in [3.63, 3.8) is 0 Å². The van der Waals surface area contributed by atoms with Crippen molar-refractivity contribution in [3.05, 3.63) is 71.3 Å². The fourth-order valence-corrected chi connectivity index (χ4v) is 3.59. The minimum atomic E-state index is -1.05. The third-order valence-corrected chi connectivity index (χ3v) is 5.25. The molecule has 0 radical (unpaired) electrons. The first-order chi connectivity index (χ1) is 16.9. The maximum Gasteiger partial charge on any atom is 0.408 e. The zero-order valence-electron chi connectivity index (χ0n) is 21.7. The predicted octanol–water partition coefficient (Wildman–Crippen LogP) is 2.92. The van der Waals surface area contributed by atoms with Crippen LogP contribution in [0.15, 0.2) is 54.6 Å². The van der Waals surface area contributed by atoms with Crippen molar-refractivity contribution in [1.82, 2.24) is 15.5 Å². The van der Waals surface area contributed by atoms with E-state index in [1.165, 1.54) is 19.1 Å². The number of carbonyl (C=O) groups excluding carboxylic acids is 4. The number of hydrogen-bond donors (Lipinski definition) is 2. The summed E-state index contributed by atoms with van der Waals surface area (Å²) in [5.74, 6) is -1.67. The Morgan fingerprint density at radius 1 is 1.00 bits per heavy atom. The zero-order chi connectivity index (χ0) is 26.9. The lowest BCUT2D eigenvalue weighted by molar-refractivity contribution is -0.143. The molecule has 0 saturated heterocycles. The number of carbonyl (C=O) groups is 4. The van der Waals surface area contributed by atoms with Crippen molar-refractivity contribution in [2.24, 2.45) is 0 Å². The summed E-state index contributed by atoms with van der Waals surface area (Å²) in [6.45, 7) is 6.71. The van der Waals surface area contributed by atoms with E-state index in [1.807, 2.05) is 43.3 Å². The molecule has 0 aliphatic heterocycles. The highest BCUT2D eigenvalue weighted by Crippen LogP contribution is 2.23. The summed E-state index contributed by atoms with van der Waals surface area (Å²) in [6.07, 6.45) is -0.555. The molecule has 0 fully saturated rings. The average Bonchev–Trinajstić information content (AvgIpc) is 2.81. The molecule has 0 heterocycles. The lowest BCUT2D eigenvalue weighted by Gasteiger charge is -2.31. The number of hydrogen-bond acceptors (Lipinski definition) is 6. The van der Waals surface area contributed by atoms with Crippen molar-refractivity contribution >= 4 is 23.9 Å². The number of nitrogens with one attached hydrogen (secondary N) is 2. The van der Waals surface area contributed by atoms with E-state index in [0.717, 1.165) is 11.1 Å². The summed E-state index contributed by atoms with van der Waals surface area (Å²) in [5, 5.41) is 5.19. The van der Waals surface area contributed by atoms with E-state index in [9.17, 15) is 19.2 Å². The van der Waals surface area contributed by atoms with Crippen LogP contribution in [0.3, 0.4) is 0 Å². The number of likely N-dealkylation sites (N-methyl/N-ethyl adjacent to an activating group) is 1. The van der Waals surface area contributed by atoms with Crippen molar-refractivity contribution < 1.29 is 28.7 Å². The first-order valence-corrected chi connectivity index (χ1v) is 11.6. The molecule has 2 N–H and O–H groups in total. The Labute approximate surface area is 212 Å². The number of methoxy groups -OCH3 is 1. The minimum Gasteiger partial charge on any atom is -0.468 e. The van der Waals surface area contributed by atoms with Crippen molar-refractivity contribution in [2.75, 3.05) is 20.7 Å². The summed E-state index contributed by atoms with van der Waals surface area (Å²) in [5.41, 5.74) is 1.52. The second-order valence-corrected chi connectivity index (χ2v) is 9.45. The molecular weight excluding hydrogens is 462 g/mol. The number of benzene rings is 2. The van der Waals surface area contributed by atoms with Crippen molar-refractivity contribution in [3.8, 4) is 0 Å². The maximum absolute atomic E-state index is 13.7. The Balaban J connectivity index is 2.38. The number of alkyl carbamates (subject to hydrolysis) is 1. The Bertz CT molecular complexity index is 1060. The highest BCUT2D eigenvalue weighted by molar-refractivity contribution is 5.93. The van der Waals surface area contributed by atoms with Gasteiger partial charge < -0.3 is 25.0 Å². The van der Waals surface area contributed by atoms with E-state index in [2.05, 4.69) is 15.4 Å². The third-order valence-electron chi connectivity index (χ3n) is 5.25. The smallest absolute Gasteiger partial charge is 0.408 e. The van der Waals surface area contributed by atoms with Gasteiger partial charge in [-0.2, -0.15) is 0 Å². The average molecular weight is 498 g/mol. The van der Waals surface area contributed by atoms with E-state index in [4.69, 9.17) is 4.74 Å². The summed E-state index contributed by atoms with van der Waals surface area (Å²) >= 11 is 0. The van der Waals surface area contributed by atoms with Gasteiger partial charge in [0.1, 0.15) is 24.2 Å². The quantitative estimate of drug-likeness (QED) is 0.515. The molecule has 194 valence electrons. The maximum atomic E-state index is 13.7. The summed E-state index contributed by atoms with van der Waals surface area (Å²) in [7, 11) is 2.71. The van der Waals surface area contributed by atoms with Crippen LogP contribution in [-0.2, 0) is 30.3 Å². The number of amides is 3. The molecule has 3 amide bonds. The Morgan fingerprint density at radius 3 is 2.25 bits per heavy atom. The number of nitrogens with zero attached hydrogens (tertiary/aromatic N) is 1. The van der Waals surface area contributed by atoms with Crippen molar-refractivity contribution in [2.45, 2.75) is 51.8 Å². The van der Waals surface area contributed by atoms with E-state index in [-0.39, 0.29) is 13.0 Å². The molecule has 9 heteroatoms. The van der Waals surface area contributed by atoms with Gasteiger partial charge in [0.2, 0.25) is 11.8 Å². The SMILES string of the molecule is COC(=O)CNC(=O)C(c1cccc(C)c1)N(C)C(=O)C(Cc1ccccc1)NC(=O)OC(C)(C)C. The Kier molecular flexibility index (Phi) is 10.0.